The van der Waals surface area contributed by atoms with Crippen LogP contribution in [0, 0.1) is 12.3 Å². The number of rotatable bonds is 5. The maximum absolute atomic E-state index is 12.5. The SMILES string of the molecule is Cc1ccc(-n2[nH]c(C(=O)N(C)CC(C)(C)CN)cc2=O)cc1.Cl. The molecule has 2 aromatic rings. The average Bonchev–Trinajstić information content (AvgIpc) is 2.88. The maximum atomic E-state index is 12.5. The van der Waals surface area contributed by atoms with Gasteiger partial charge < -0.3 is 10.6 Å². The molecule has 1 amide bonds. The van der Waals surface area contributed by atoms with E-state index in [1.807, 2.05) is 45.0 Å². The molecule has 0 aliphatic carbocycles. The zero-order valence-electron chi connectivity index (χ0n) is 14.5. The average molecular weight is 353 g/mol. The first-order valence-corrected chi connectivity index (χ1v) is 7.58. The molecule has 132 valence electrons. The highest BCUT2D eigenvalue weighted by atomic mass is 35.5. The largest absolute Gasteiger partial charge is 0.340 e. The number of nitrogens with zero attached hydrogens (tertiary/aromatic N) is 2. The Bertz CT molecular complexity index is 747. The van der Waals surface area contributed by atoms with Gasteiger partial charge in [0.2, 0.25) is 0 Å². The van der Waals surface area contributed by atoms with E-state index >= 15 is 0 Å². The van der Waals surface area contributed by atoms with Gasteiger partial charge in [0.05, 0.1) is 5.69 Å². The Morgan fingerprint density at radius 1 is 1.29 bits per heavy atom. The molecule has 0 aliphatic heterocycles. The van der Waals surface area contributed by atoms with Crippen LogP contribution in [-0.4, -0.2) is 40.7 Å². The van der Waals surface area contributed by atoms with E-state index in [0.717, 1.165) is 5.56 Å². The number of halogens is 1. The third kappa shape index (κ3) is 4.49. The molecular weight excluding hydrogens is 328 g/mol. The first-order chi connectivity index (χ1) is 10.7. The van der Waals surface area contributed by atoms with Crippen LogP contribution in [-0.2, 0) is 0 Å². The van der Waals surface area contributed by atoms with Crippen molar-refractivity contribution in [3.05, 3.63) is 51.9 Å². The minimum atomic E-state index is -0.260. The van der Waals surface area contributed by atoms with Crippen LogP contribution in [0.1, 0.15) is 29.9 Å². The summed E-state index contributed by atoms with van der Waals surface area (Å²) >= 11 is 0. The molecule has 0 aliphatic rings. The summed E-state index contributed by atoms with van der Waals surface area (Å²) in [7, 11) is 1.71. The van der Waals surface area contributed by atoms with Crippen LogP contribution in [0.2, 0.25) is 0 Å². The number of H-pyrrole nitrogens is 1. The van der Waals surface area contributed by atoms with E-state index in [4.69, 9.17) is 5.73 Å². The van der Waals surface area contributed by atoms with E-state index in [2.05, 4.69) is 5.10 Å². The van der Waals surface area contributed by atoms with Gasteiger partial charge in [-0.1, -0.05) is 31.5 Å². The van der Waals surface area contributed by atoms with Gasteiger partial charge in [-0.05, 0) is 31.0 Å². The minimum Gasteiger partial charge on any atom is -0.340 e. The van der Waals surface area contributed by atoms with E-state index in [0.29, 0.717) is 18.8 Å². The van der Waals surface area contributed by atoms with E-state index in [-0.39, 0.29) is 35.0 Å². The van der Waals surface area contributed by atoms with Gasteiger partial charge in [-0.25, -0.2) is 4.68 Å². The zero-order valence-corrected chi connectivity index (χ0v) is 15.3. The molecule has 0 atom stereocenters. The van der Waals surface area contributed by atoms with E-state index in [1.165, 1.54) is 10.7 Å². The Labute approximate surface area is 148 Å². The molecule has 0 saturated heterocycles. The van der Waals surface area contributed by atoms with Crippen molar-refractivity contribution >= 4 is 18.3 Å². The molecule has 24 heavy (non-hydrogen) atoms. The third-order valence-electron chi connectivity index (χ3n) is 3.81. The van der Waals surface area contributed by atoms with E-state index < -0.39 is 0 Å². The molecule has 1 aromatic carbocycles. The smallest absolute Gasteiger partial charge is 0.271 e. The summed E-state index contributed by atoms with van der Waals surface area (Å²) < 4.78 is 1.37. The summed E-state index contributed by atoms with van der Waals surface area (Å²) in [5.74, 6) is -0.227. The van der Waals surface area contributed by atoms with Crippen molar-refractivity contribution in [2.24, 2.45) is 11.1 Å². The highest BCUT2D eigenvalue weighted by Gasteiger charge is 2.23. The summed E-state index contributed by atoms with van der Waals surface area (Å²) in [6, 6.07) is 8.83. The van der Waals surface area contributed by atoms with Crippen LogP contribution < -0.4 is 11.3 Å². The molecule has 2 rings (SSSR count). The molecule has 0 saturated carbocycles. The van der Waals surface area contributed by atoms with Gasteiger partial charge in [0.1, 0.15) is 5.69 Å². The molecule has 0 bridgehead atoms. The lowest BCUT2D eigenvalue weighted by atomic mass is 9.93. The summed E-state index contributed by atoms with van der Waals surface area (Å²) in [4.78, 5) is 26.2. The fourth-order valence-corrected chi connectivity index (χ4v) is 2.38. The number of aromatic amines is 1. The van der Waals surface area contributed by atoms with Gasteiger partial charge in [-0.2, -0.15) is 0 Å². The molecular formula is C17H25ClN4O2. The van der Waals surface area contributed by atoms with Gasteiger partial charge >= 0.3 is 0 Å². The van der Waals surface area contributed by atoms with Crippen molar-refractivity contribution in [2.75, 3.05) is 20.1 Å². The molecule has 3 N–H and O–H groups in total. The number of amides is 1. The Balaban J connectivity index is 0.00000288. The van der Waals surface area contributed by atoms with Crippen LogP contribution in [0.25, 0.3) is 5.69 Å². The van der Waals surface area contributed by atoms with Crippen molar-refractivity contribution in [1.29, 1.82) is 0 Å². The number of nitrogens with two attached hydrogens (primary N) is 1. The normalized spacial score (nSPS) is 11.0. The molecule has 0 fully saturated rings. The number of aromatic nitrogens is 2. The molecule has 7 heteroatoms. The Kier molecular flexibility index (Phi) is 6.40. The molecule has 1 heterocycles. The van der Waals surface area contributed by atoms with Crippen molar-refractivity contribution in [3.63, 3.8) is 0 Å². The molecule has 0 radical (unpaired) electrons. The number of aryl methyl sites for hydroxylation is 1. The number of hydrogen-bond acceptors (Lipinski definition) is 3. The van der Waals surface area contributed by atoms with Crippen LogP contribution in [0.4, 0.5) is 0 Å². The molecule has 1 aromatic heterocycles. The topological polar surface area (TPSA) is 84.1 Å². The monoisotopic (exact) mass is 352 g/mol. The number of nitrogens with one attached hydrogen (secondary N) is 1. The van der Waals surface area contributed by atoms with Gasteiger partial charge in [0, 0.05) is 19.7 Å². The Hall–Kier alpha value is -2.05. The number of carbonyl (C=O) groups excluding carboxylic acids is 1. The second-order valence-electron chi connectivity index (χ2n) is 6.71. The fraction of sp³-hybridized carbons (Fsp3) is 0.412. The number of carbonyl (C=O) groups is 1. The lowest BCUT2D eigenvalue weighted by molar-refractivity contribution is 0.0734. The first kappa shape index (κ1) is 20.0. The van der Waals surface area contributed by atoms with Crippen LogP contribution in [0.3, 0.4) is 0 Å². The summed E-state index contributed by atoms with van der Waals surface area (Å²) in [6.07, 6.45) is 0. The zero-order chi connectivity index (χ0) is 17.2. The van der Waals surface area contributed by atoms with Crippen LogP contribution >= 0.6 is 12.4 Å². The van der Waals surface area contributed by atoms with Crippen molar-refractivity contribution in [3.8, 4) is 5.69 Å². The third-order valence-corrected chi connectivity index (χ3v) is 3.81. The van der Waals surface area contributed by atoms with Gasteiger partial charge in [0.15, 0.2) is 0 Å². The highest BCUT2D eigenvalue weighted by molar-refractivity contribution is 5.92. The molecule has 0 unspecified atom stereocenters. The lowest BCUT2D eigenvalue weighted by Crippen LogP contribution is -2.39. The number of benzene rings is 1. The van der Waals surface area contributed by atoms with Crippen molar-refractivity contribution in [2.45, 2.75) is 20.8 Å². The molecule has 0 spiro atoms. The van der Waals surface area contributed by atoms with Gasteiger partial charge in [-0.3, -0.25) is 14.7 Å². The van der Waals surface area contributed by atoms with Crippen LogP contribution in [0.15, 0.2) is 35.1 Å². The van der Waals surface area contributed by atoms with E-state index in [9.17, 15) is 9.59 Å². The Morgan fingerprint density at radius 2 is 1.88 bits per heavy atom. The van der Waals surface area contributed by atoms with E-state index in [1.54, 1.807) is 11.9 Å². The standard InChI is InChI=1S/C17H24N4O2.ClH/c1-12-5-7-13(8-6-12)21-15(22)9-14(19-21)16(23)20(4)11-17(2,3)10-18;/h5-9,19H,10-11,18H2,1-4H3;1H. The molecule has 6 nitrogen and oxygen atoms in total. The van der Waals surface area contributed by atoms with Crippen molar-refractivity contribution in [1.82, 2.24) is 14.7 Å². The predicted octanol–water partition coefficient (Wildman–Crippen LogP) is 1.95. The lowest BCUT2D eigenvalue weighted by Gasteiger charge is -2.28. The fourth-order valence-electron chi connectivity index (χ4n) is 2.38. The highest BCUT2D eigenvalue weighted by Crippen LogP contribution is 2.15. The predicted molar refractivity (Wildman–Crippen MR) is 98.2 cm³/mol. The second kappa shape index (κ2) is 7.68. The van der Waals surface area contributed by atoms with Crippen LogP contribution in [0.5, 0.6) is 0 Å². The summed E-state index contributed by atoms with van der Waals surface area (Å²) in [6.45, 7) is 6.96. The van der Waals surface area contributed by atoms with Gasteiger partial charge in [-0.15, -0.1) is 12.4 Å². The quantitative estimate of drug-likeness (QED) is 0.862. The summed E-state index contributed by atoms with van der Waals surface area (Å²) in [5, 5.41) is 2.88. The first-order valence-electron chi connectivity index (χ1n) is 7.58. The Morgan fingerprint density at radius 3 is 2.42 bits per heavy atom. The number of hydrogen-bond donors (Lipinski definition) is 2. The second-order valence-corrected chi connectivity index (χ2v) is 6.71. The summed E-state index contributed by atoms with van der Waals surface area (Å²) in [5.41, 5.74) is 7.35. The van der Waals surface area contributed by atoms with Gasteiger partial charge in [0.25, 0.3) is 11.5 Å². The minimum absolute atomic E-state index is 0. The van der Waals surface area contributed by atoms with Crippen molar-refractivity contribution < 1.29 is 4.79 Å². The maximum Gasteiger partial charge on any atom is 0.271 e.